The number of rotatable bonds is 5. The normalized spacial score (nSPS) is 10.7. The van der Waals surface area contributed by atoms with Crippen molar-refractivity contribution in [3.63, 3.8) is 0 Å². The first-order chi connectivity index (χ1) is 8.28. The van der Waals surface area contributed by atoms with E-state index in [-0.39, 0.29) is 0 Å². The Hall–Kier alpha value is -0.780. The smallest absolute Gasteiger partial charge is 0.131 e. The second kappa shape index (κ2) is 6.23. The summed E-state index contributed by atoms with van der Waals surface area (Å²) in [5.74, 6) is 0. The molecule has 2 aromatic rings. The van der Waals surface area contributed by atoms with Crippen LogP contribution < -0.4 is 5.32 Å². The standard InChI is InChI=1S/C12H14BrN3S/c1-2-14-8-12-16-15-11(17-12)7-9-4-3-5-10(13)6-9/h3-6,14H,2,7-8H2,1H3. The molecule has 1 aromatic heterocycles. The van der Waals surface area contributed by atoms with Gasteiger partial charge in [0.2, 0.25) is 0 Å². The zero-order valence-electron chi connectivity index (χ0n) is 9.61. The maximum Gasteiger partial charge on any atom is 0.131 e. The Morgan fingerprint density at radius 2 is 2.12 bits per heavy atom. The Kier molecular flexibility index (Phi) is 4.65. The van der Waals surface area contributed by atoms with Crippen molar-refractivity contribution in [2.75, 3.05) is 6.54 Å². The first-order valence-corrected chi connectivity index (χ1v) is 7.15. The highest BCUT2D eigenvalue weighted by atomic mass is 79.9. The summed E-state index contributed by atoms with van der Waals surface area (Å²) in [6.45, 7) is 3.86. The topological polar surface area (TPSA) is 37.8 Å². The SMILES string of the molecule is CCNCc1nnc(Cc2cccc(Br)c2)s1. The number of hydrogen-bond acceptors (Lipinski definition) is 4. The van der Waals surface area contributed by atoms with Gasteiger partial charge in [-0.15, -0.1) is 10.2 Å². The van der Waals surface area contributed by atoms with E-state index in [9.17, 15) is 0 Å². The monoisotopic (exact) mass is 311 g/mol. The van der Waals surface area contributed by atoms with Crippen molar-refractivity contribution < 1.29 is 0 Å². The molecule has 0 aliphatic heterocycles. The lowest BCUT2D eigenvalue weighted by Gasteiger charge is -1.97. The van der Waals surface area contributed by atoms with Gasteiger partial charge in [0.25, 0.3) is 0 Å². The van der Waals surface area contributed by atoms with Crippen LogP contribution in [0, 0.1) is 0 Å². The van der Waals surface area contributed by atoms with Gasteiger partial charge < -0.3 is 5.32 Å². The van der Waals surface area contributed by atoms with Crippen LogP contribution >= 0.6 is 27.3 Å². The van der Waals surface area contributed by atoms with Crippen LogP contribution in [0.2, 0.25) is 0 Å². The molecule has 0 aliphatic rings. The molecular weight excluding hydrogens is 298 g/mol. The summed E-state index contributed by atoms with van der Waals surface area (Å²) in [5, 5.41) is 13.7. The quantitative estimate of drug-likeness (QED) is 0.922. The van der Waals surface area contributed by atoms with Gasteiger partial charge in [-0.25, -0.2) is 0 Å². The molecule has 1 aromatic carbocycles. The summed E-state index contributed by atoms with van der Waals surface area (Å²) in [4.78, 5) is 0. The van der Waals surface area contributed by atoms with E-state index in [2.05, 4.69) is 50.5 Å². The second-order valence-corrected chi connectivity index (χ2v) is 5.74. The second-order valence-electron chi connectivity index (χ2n) is 3.68. The predicted molar refractivity (Wildman–Crippen MR) is 74.2 cm³/mol. The Morgan fingerprint density at radius 1 is 1.29 bits per heavy atom. The van der Waals surface area contributed by atoms with Gasteiger partial charge in [0.1, 0.15) is 10.0 Å². The third-order valence-electron chi connectivity index (χ3n) is 2.28. The molecule has 0 spiro atoms. The molecule has 0 bridgehead atoms. The average Bonchev–Trinajstić information content (AvgIpc) is 2.74. The molecule has 17 heavy (non-hydrogen) atoms. The molecular formula is C12H14BrN3S. The fraction of sp³-hybridized carbons (Fsp3) is 0.333. The van der Waals surface area contributed by atoms with Crippen molar-refractivity contribution >= 4 is 27.3 Å². The van der Waals surface area contributed by atoms with Gasteiger partial charge in [0.15, 0.2) is 0 Å². The third-order valence-corrected chi connectivity index (χ3v) is 3.70. The van der Waals surface area contributed by atoms with Crippen LogP contribution in [0.25, 0.3) is 0 Å². The van der Waals surface area contributed by atoms with E-state index in [1.54, 1.807) is 11.3 Å². The van der Waals surface area contributed by atoms with Gasteiger partial charge in [-0.05, 0) is 24.2 Å². The molecule has 0 fully saturated rings. The molecule has 0 radical (unpaired) electrons. The number of hydrogen-bond donors (Lipinski definition) is 1. The molecule has 5 heteroatoms. The Morgan fingerprint density at radius 3 is 2.88 bits per heavy atom. The van der Waals surface area contributed by atoms with Gasteiger partial charge in [-0.1, -0.05) is 46.3 Å². The van der Waals surface area contributed by atoms with E-state index in [1.165, 1.54) is 5.56 Å². The maximum atomic E-state index is 4.21. The summed E-state index contributed by atoms with van der Waals surface area (Å²) in [7, 11) is 0. The molecule has 0 saturated carbocycles. The number of nitrogens with zero attached hydrogens (tertiary/aromatic N) is 2. The highest BCUT2D eigenvalue weighted by molar-refractivity contribution is 9.10. The lowest BCUT2D eigenvalue weighted by atomic mass is 10.2. The molecule has 90 valence electrons. The zero-order valence-corrected chi connectivity index (χ0v) is 12.0. The zero-order chi connectivity index (χ0) is 12.1. The fourth-order valence-corrected chi connectivity index (χ4v) is 2.78. The Balaban J connectivity index is 2.01. The van der Waals surface area contributed by atoms with Crippen molar-refractivity contribution in [2.45, 2.75) is 19.9 Å². The van der Waals surface area contributed by atoms with Gasteiger partial charge in [0, 0.05) is 17.4 Å². The number of nitrogens with one attached hydrogen (secondary N) is 1. The van der Waals surface area contributed by atoms with Crippen molar-refractivity contribution in [1.82, 2.24) is 15.5 Å². The van der Waals surface area contributed by atoms with E-state index in [0.717, 1.165) is 34.0 Å². The van der Waals surface area contributed by atoms with Gasteiger partial charge in [0.05, 0.1) is 0 Å². The van der Waals surface area contributed by atoms with E-state index < -0.39 is 0 Å². The van der Waals surface area contributed by atoms with Gasteiger partial charge in [-0.3, -0.25) is 0 Å². The largest absolute Gasteiger partial charge is 0.311 e. The van der Waals surface area contributed by atoms with Crippen molar-refractivity contribution in [2.24, 2.45) is 0 Å². The number of benzene rings is 1. The van der Waals surface area contributed by atoms with Crippen molar-refractivity contribution in [1.29, 1.82) is 0 Å². The molecule has 0 unspecified atom stereocenters. The van der Waals surface area contributed by atoms with Crippen LogP contribution in [-0.2, 0) is 13.0 Å². The summed E-state index contributed by atoms with van der Waals surface area (Å²) in [6, 6.07) is 8.29. The first kappa shape index (κ1) is 12.7. The van der Waals surface area contributed by atoms with Crippen LogP contribution in [0.3, 0.4) is 0 Å². The third kappa shape index (κ3) is 3.87. The lowest BCUT2D eigenvalue weighted by molar-refractivity contribution is 0.714. The molecule has 0 atom stereocenters. The Labute approximate surface area is 113 Å². The molecule has 0 saturated heterocycles. The summed E-state index contributed by atoms with van der Waals surface area (Å²) in [5.41, 5.74) is 1.26. The van der Waals surface area contributed by atoms with E-state index in [4.69, 9.17) is 0 Å². The van der Waals surface area contributed by atoms with Crippen molar-refractivity contribution in [3.05, 3.63) is 44.3 Å². The first-order valence-electron chi connectivity index (χ1n) is 5.54. The molecule has 3 nitrogen and oxygen atoms in total. The molecule has 1 N–H and O–H groups in total. The highest BCUT2D eigenvalue weighted by Gasteiger charge is 2.04. The van der Waals surface area contributed by atoms with Crippen LogP contribution in [0.1, 0.15) is 22.5 Å². The lowest BCUT2D eigenvalue weighted by Crippen LogP contribution is -2.11. The van der Waals surface area contributed by atoms with Gasteiger partial charge in [-0.2, -0.15) is 0 Å². The molecule has 2 rings (SSSR count). The van der Waals surface area contributed by atoms with E-state index >= 15 is 0 Å². The van der Waals surface area contributed by atoms with Crippen molar-refractivity contribution in [3.8, 4) is 0 Å². The summed E-state index contributed by atoms with van der Waals surface area (Å²) in [6.07, 6.45) is 0.850. The van der Waals surface area contributed by atoms with Crippen LogP contribution in [0.5, 0.6) is 0 Å². The minimum absolute atomic E-state index is 0.812. The summed E-state index contributed by atoms with van der Waals surface area (Å²) >= 11 is 5.15. The average molecular weight is 312 g/mol. The minimum atomic E-state index is 0.812. The maximum absolute atomic E-state index is 4.21. The van der Waals surface area contributed by atoms with Gasteiger partial charge >= 0.3 is 0 Å². The number of halogens is 1. The van der Waals surface area contributed by atoms with Crippen LogP contribution in [0.4, 0.5) is 0 Å². The predicted octanol–water partition coefficient (Wildman–Crippen LogP) is 3.00. The van der Waals surface area contributed by atoms with E-state index in [0.29, 0.717) is 0 Å². The molecule has 0 amide bonds. The Bertz CT molecular complexity index is 484. The molecule has 0 aliphatic carbocycles. The van der Waals surface area contributed by atoms with Crippen LogP contribution in [0.15, 0.2) is 28.7 Å². The minimum Gasteiger partial charge on any atom is -0.311 e. The summed E-state index contributed by atoms with van der Waals surface area (Å²) < 4.78 is 1.10. The fourth-order valence-electron chi connectivity index (χ4n) is 1.48. The highest BCUT2D eigenvalue weighted by Crippen LogP contribution is 2.17. The number of aromatic nitrogens is 2. The van der Waals surface area contributed by atoms with Crippen LogP contribution in [-0.4, -0.2) is 16.7 Å². The van der Waals surface area contributed by atoms with E-state index in [1.807, 2.05) is 12.1 Å². The molecule has 1 heterocycles.